The Hall–Kier alpha value is -1.37. The van der Waals surface area contributed by atoms with E-state index in [1.54, 1.807) is 0 Å². The van der Waals surface area contributed by atoms with Crippen LogP contribution in [0.5, 0.6) is 0 Å². The number of hydrogen-bond acceptors (Lipinski definition) is 3. The third-order valence-corrected chi connectivity index (χ3v) is 4.44. The first-order chi connectivity index (χ1) is 9.38. The van der Waals surface area contributed by atoms with E-state index < -0.39 is 0 Å². The van der Waals surface area contributed by atoms with Gasteiger partial charge in [0.1, 0.15) is 0 Å². The van der Waals surface area contributed by atoms with E-state index in [1.807, 2.05) is 12.1 Å². The summed E-state index contributed by atoms with van der Waals surface area (Å²) >= 11 is 0. The molecule has 3 heteroatoms. The summed E-state index contributed by atoms with van der Waals surface area (Å²) in [6, 6.07) is 8.61. The van der Waals surface area contributed by atoms with Gasteiger partial charge in [0.2, 0.25) is 0 Å². The third kappa shape index (κ3) is 2.65. The molecule has 1 aliphatic carbocycles. The Labute approximate surface area is 115 Å². The van der Waals surface area contributed by atoms with E-state index in [0.717, 1.165) is 44.7 Å². The zero-order valence-electron chi connectivity index (χ0n) is 11.4. The average Bonchev–Trinajstić information content (AvgIpc) is 2.48. The summed E-state index contributed by atoms with van der Waals surface area (Å²) in [5, 5.41) is 12.6. The predicted molar refractivity (Wildman–Crippen MR) is 76.1 cm³/mol. The molecule has 0 amide bonds. The minimum absolute atomic E-state index is 0.621. The maximum absolute atomic E-state index is 9.23. The van der Waals surface area contributed by atoms with Crippen molar-refractivity contribution in [1.82, 2.24) is 10.2 Å². The quantitative estimate of drug-likeness (QED) is 0.877. The van der Waals surface area contributed by atoms with Gasteiger partial charge in [0, 0.05) is 32.7 Å². The monoisotopic (exact) mass is 255 g/mol. The van der Waals surface area contributed by atoms with Crippen LogP contribution in [0.25, 0.3) is 0 Å². The number of benzene rings is 1. The van der Waals surface area contributed by atoms with Gasteiger partial charge >= 0.3 is 0 Å². The van der Waals surface area contributed by atoms with Crippen molar-refractivity contribution >= 4 is 0 Å². The van der Waals surface area contributed by atoms with E-state index in [2.05, 4.69) is 22.4 Å². The molecular weight excluding hydrogens is 234 g/mol. The molecule has 1 fully saturated rings. The summed E-state index contributed by atoms with van der Waals surface area (Å²) in [6.45, 7) is 5.69. The van der Waals surface area contributed by atoms with E-state index in [-0.39, 0.29) is 0 Å². The zero-order valence-corrected chi connectivity index (χ0v) is 11.4. The SMILES string of the molecule is N#Cc1cccc2c1CCC[C@H]2CN1CCNCC1. The number of nitriles is 1. The summed E-state index contributed by atoms with van der Waals surface area (Å²) in [7, 11) is 0. The van der Waals surface area contributed by atoms with Gasteiger partial charge < -0.3 is 10.2 Å². The highest BCUT2D eigenvalue weighted by Gasteiger charge is 2.24. The van der Waals surface area contributed by atoms with Crippen LogP contribution in [0.15, 0.2) is 18.2 Å². The number of piperazine rings is 1. The van der Waals surface area contributed by atoms with Crippen molar-refractivity contribution in [3.8, 4) is 6.07 Å². The number of nitrogens with zero attached hydrogens (tertiary/aromatic N) is 2. The molecule has 0 radical (unpaired) electrons. The summed E-state index contributed by atoms with van der Waals surface area (Å²) in [5.41, 5.74) is 3.64. The van der Waals surface area contributed by atoms with Crippen LogP contribution in [-0.2, 0) is 6.42 Å². The highest BCUT2D eigenvalue weighted by Crippen LogP contribution is 2.33. The topological polar surface area (TPSA) is 39.1 Å². The van der Waals surface area contributed by atoms with Crippen LogP contribution in [0.3, 0.4) is 0 Å². The molecule has 19 heavy (non-hydrogen) atoms. The van der Waals surface area contributed by atoms with E-state index in [1.165, 1.54) is 24.0 Å². The molecule has 1 aromatic rings. The first-order valence-electron chi connectivity index (χ1n) is 7.33. The smallest absolute Gasteiger partial charge is 0.0994 e. The normalized spacial score (nSPS) is 23.6. The molecule has 1 N–H and O–H groups in total. The molecule has 1 aromatic carbocycles. The number of nitrogens with one attached hydrogen (secondary N) is 1. The molecule has 0 bridgehead atoms. The largest absolute Gasteiger partial charge is 0.314 e. The van der Waals surface area contributed by atoms with Gasteiger partial charge in [0.05, 0.1) is 11.6 Å². The Bertz CT molecular complexity index is 483. The summed E-state index contributed by atoms with van der Waals surface area (Å²) in [4.78, 5) is 2.56. The van der Waals surface area contributed by atoms with Gasteiger partial charge in [-0.3, -0.25) is 0 Å². The van der Waals surface area contributed by atoms with Gasteiger partial charge in [-0.2, -0.15) is 5.26 Å². The Morgan fingerprint density at radius 3 is 2.95 bits per heavy atom. The van der Waals surface area contributed by atoms with Crippen LogP contribution in [0.2, 0.25) is 0 Å². The Morgan fingerprint density at radius 2 is 2.16 bits per heavy atom. The van der Waals surface area contributed by atoms with Crippen LogP contribution in [0.4, 0.5) is 0 Å². The molecular formula is C16H21N3. The summed E-state index contributed by atoms with van der Waals surface area (Å²) in [6.07, 6.45) is 3.57. The fourth-order valence-corrected chi connectivity index (χ4v) is 3.45. The first kappa shape index (κ1) is 12.7. The Balaban J connectivity index is 1.80. The fourth-order valence-electron chi connectivity index (χ4n) is 3.45. The Kier molecular flexibility index (Phi) is 3.82. The molecule has 3 nitrogen and oxygen atoms in total. The minimum Gasteiger partial charge on any atom is -0.314 e. The molecule has 1 saturated heterocycles. The molecule has 0 aromatic heterocycles. The lowest BCUT2D eigenvalue weighted by Crippen LogP contribution is -2.45. The maximum Gasteiger partial charge on any atom is 0.0994 e. The second-order valence-electron chi connectivity index (χ2n) is 5.62. The molecule has 1 aliphatic heterocycles. The third-order valence-electron chi connectivity index (χ3n) is 4.44. The molecule has 1 heterocycles. The van der Waals surface area contributed by atoms with Crippen LogP contribution >= 0.6 is 0 Å². The van der Waals surface area contributed by atoms with Crippen molar-refractivity contribution in [2.45, 2.75) is 25.2 Å². The lowest BCUT2D eigenvalue weighted by Gasteiger charge is -2.34. The highest BCUT2D eigenvalue weighted by atomic mass is 15.2. The number of fused-ring (bicyclic) bond motifs is 1. The van der Waals surface area contributed by atoms with Crippen LogP contribution in [-0.4, -0.2) is 37.6 Å². The van der Waals surface area contributed by atoms with Crippen molar-refractivity contribution in [3.05, 3.63) is 34.9 Å². The summed E-state index contributed by atoms with van der Waals surface area (Å²) < 4.78 is 0. The second-order valence-corrected chi connectivity index (χ2v) is 5.62. The van der Waals surface area contributed by atoms with Gasteiger partial charge in [-0.15, -0.1) is 0 Å². The average molecular weight is 255 g/mol. The van der Waals surface area contributed by atoms with E-state index in [9.17, 15) is 5.26 Å². The van der Waals surface area contributed by atoms with Crippen molar-refractivity contribution in [1.29, 1.82) is 5.26 Å². The lowest BCUT2D eigenvalue weighted by atomic mass is 9.80. The molecule has 0 unspecified atom stereocenters. The molecule has 0 saturated carbocycles. The highest BCUT2D eigenvalue weighted by molar-refractivity contribution is 5.45. The summed E-state index contributed by atoms with van der Waals surface area (Å²) in [5.74, 6) is 0.621. The number of rotatable bonds is 2. The van der Waals surface area contributed by atoms with Gasteiger partial charge in [0.15, 0.2) is 0 Å². The number of hydrogen-bond donors (Lipinski definition) is 1. The molecule has 3 rings (SSSR count). The maximum atomic E-state index is 9.23. The molecule has 0 spiro atoms. The van der Waals surface area contributed by atoms with Crippen LogP contribution in [0.1, 0.15) is 35.4 Å². The molecule has 2 aliphatic rings. The van der Waals surface area contributed by atoms with Crippen LogP contribution < -0.4 is 5.32 Å². The lowest BCUT2D eigenvalue weighted by molar-refractivity contribution is 0.220. The van der Waals surface area contributed by atoms with Gasteiger partial charge in [0.25, 0.3) is 0 Å². The van der Waals surface area contributed by atoms with Gasteiger partial charge in [-0.05, 0) is 42.4 Å². The molecule has 100 valence electrons. The standard InChI is InChI=1S/C16H21N3/c17-11-13-3-1-6-16-14(4-2-5-15(13)16)12-19-9-7-18-8-10-19/h1,3,6,14,18H,2,4-5,7-10,12H2/t14-/m0/s1. The van der Waals surface area contributed by atoms with Crippen molar-refractivity contribution < 1.29 is 0 Å². The van der Waals surface area contributed by atoms with Crippen molar-refractivity contribution in [3.63, 3.8) is 0 Å². The van der Waals surface area contributed by atoms with Crippen molar-refractivity contribution in [2.24, 2.45) is 0 Å². The second kappa shape index (κ2) is 5.73. The van der Waals surface area contributed by atoms with Gasteiger partial charge in [-0.1, -0.05) is 12.1 Å². The molecule has 1 atom stereocenters. The van der Waals surface area contributed by atoms with E-state index >= 15 is 0 Å². The van der Waals surface area contributed by atoms with Crippen molar-refractivity contribution in [2.75, 3.05) is 32.7 Å². The van der Waals surface area contributed by atoms with E-state index in [4.69, 9.17) is 0 Å². The van der Waals surface area contributed by atoms with Crippen LogP contribution in [0, 0.1) is 11.3 Å². The van der Waals surface area contributed by atoms with Gasteiger partial charge in [-0.25, -0.2) is 0 Å². The predicted octanol–water partition coefficient (Wildman–Crippen LogP) is 1.88. The van der Waals surface area contributed by atoms with E-state index in [0.29, 0.717) is 5.92 Å². The zero-order chi connectivity index (χ0) is 13.1. The Morgan fingerprint density at radius 1 is 1.32 bits per heavy atom. The minimum atomic E-state index is 0.621. The fraction of sp³-hybridized carbons (Fsp3) is 0.562. The first-order valence-corrected chi connectivity index (χ1v) is 7.33.